The third-order valence-electron chi connectivity index (χ3n) is 3.75. The van der Waals surface area contributed by atoms with Crippen molar-refractivity contribution in [1.82, 2.24) is 4.72 Å². The number of nitrogens with two attached hydrogens (primary N) is 1. The van der Waals surface area contributed by atoms with Gasteiger partial charge in [0.2, 0.25) is 10.0 Å². The Kier molecular flexibility index (Phi) is 5.44. The molecule has 21 heavy (non-hydrogen) atoms. The zero-order chi connectivity index (χ0) is 15.3. The van der Waals surface area contributed by atoms with Crippen LogP contribution in [0.3, 0.4) is 0 Å². The minimum atomic E-state index is -3.42. The monoisotopic (exact) mass is 314 g/mol. The van der Waals surface area contributed by atoms with Gasteiger partial charge in [-0.1, -0.05) is 18.6 Å². The number of nitrogen functional groups attached to an aromatic ring is 1. The SMILES string of the molecule is Nc1ccccc1OCCS(=O)(=O)NC1CCCC1CO. The number of nitrogens with one attached hydrogen (secondary N) is 1. The van der Waals surface area contributed by atoms with Crippen LogP contribution in [0.5, 0.6) is 5.75 Å². The molecule has 0 radical (unpaired) electrons. The molecule has 0 saturated heterocycles. The van der Waals surface area contributed by atoms with E-state index in [9.17, 15) is 13.5 Å². The average molecular weight is 314 g/mol. The number of hydrogen-bond donors (Lipinski definition) is 3. The Labute approximate surface area is 125 Å². The van der Waals surface area contributed by atoms with Crippen LogP contribution in [0.2, 0.25) is 0 Å². The van der Waals surface area contributed by atoms with E-state index in [1.165, 1.54) is 0 Å². The highest BCUT2D eigenvalue weighted by atomic mass is 32.2. The molecule has 0 amide bonds. The van der Waals surface area contributed by atoms with E-state index in [1.54, 1.807) is 24.3 Å². The van der Waals surface area contributed by atoms with Crippen LogP contribution in [0, 0.1) is 5.92 Å². The maximum Gasteiger partial charge on any atom is 0.215 e. The molecule has 0 aliphatic heterocycles. The van der Waals surface area contributed by atoms with E-state index in [4.69, 9.17) is 10.5 Å². The Hall–Kier alpha value is -1.31. The van der Waals surface area contributed by atoms with Crippen LogP contribution >= 0.6 is 0 Å². The smallest absolute Gasteiger partial charge is 0.215 e. The summed E-state index contributed by atoms with van der Waals surface area (Å²) in [6.07, 6.45) is 2.58. The predicted octanol–water partition coefficient (Wildman–Crippen LogP) is 0.728. The third-order valence-corrected chi connectivity index (χ3v) is 5.12. The van der Waals surface area contributed by atoms with E-state index < -0.39 is 10.0 Å². The van der Waals surface area contributed by atoms with Gasteiger partial charge in [0.1, 0.15) is 12.4 Å². The molecule has 0 bridgehead atoms. The summed E-state index contributed by atoms with van der Waals surface area (Å²) in [5.41, 5.74) is 6.21. The number of ether oxygens (including phenoxy) is 1. The lowest BCUT2D eigenvalue weighted by atomic mass is 10.1. The topological polar surface area (TPSA) is 102 Å². The van der Waals surface area contributed by atoms with Gasteiger partial charge < -0.3 is 15.6 Å². The lowest BCUT2D eigenvalue weighted by Crippen LogP contribution is -2.40. The molecule has 1 aliphatic carbocycles. The van der Waals surface area contributed by atoms with Crippen LogP contribution in [0.1, 0.15) is 19.3 Å². The number of anilines is 1. The minimum absolute atomic E-state index is 0.0181. The molecule has 2 atom stereocenters. The van der Waals surface area contributed by atoms with Crippen LogP contribution in [0.25, 0.3) is 0 Å². The Bertz CT molecular complexity index is 562. The number of aliphatic hydroxyl groups is 1. The molecular weight excluding hydrogens is 292 g/mol. The van der Waals surface area contributed by atoms with Gasteiger partial charge in [0.15, 0.2) is 0 Å². The molecule has 0 spiro atoms. The maximum atomic E-state index is 12.0. The van der Waals surface area contributed by atoms with Gasteiger partial charge >= 0.3 is 0 Å². The lowest BCUT2D eigenvalue weighted by molar-refractivity contribution is 0.213. The molecule has 1 aromatic rings. The summed E-state index contributed by atoms with van der Waals surface area (Å²) in [5, 5.41) is 9.22. The molecule has 1 aromatic carbocycles. The van der Waals surface area contributed by atoms with Gasteiger partial charge in [0, 0.05) is 12.6 Å². The summed E-state index contributed by atoms with van der Waals surface area (Å²) in [7, 11) is -3.42. The van der Waals surface area contributed by atoms with Crippen LogP contribution in [0.15, 0.2) is 24.3 Å². The molecule has 0 heterocycles. The number of benzene rings is 1. The highest BCUT2D eigenvalue weighted by molar-refractivity contribution is 7.89. The number of sulfonamides is 1. The molecule has 118 valence electrons. The fraction of sp³-hybridized carbons (Fsp3) is 0.571. The van der Waals surface area contributed by atoms with Crippen LogP contribution in [-0.4, -0.2) is 38.5 Å². The van der Waals surface area contributed by atoms with Crippen LogP contribution in [-0.2, 0) is 10.0 Å². The standard InChI is InChI=1S/C14H22N2O4S/c15-12-5-1-2-7-14(12)20-8-9-21(18,19)16-13-6-3-4-11(13)10-17/h1-2,5,7,11,13,16-17H,3-4,6,8-10,15H2. The van der Waals surface area contributed by atoms with E-state index in [-0.39, 0.29) is 30.9 Å². The van der Waals surface area contributed by atoms with Crippen LogP contribution in [0.4, 0.5) is 5.69 Å². The fourth-order valence-electron chi connectivity index (χ4n) is 2.57. The van der Waals surface area contributed by atoms with Crippen molar-refractivity contribution >= 4 is 15.7 Å². The highest BCUT2D eigenvalue weighted by Crippen LogP contribution is 2.25. The maximum absolute atomic E-state index is 12.0. The molecule has 1 aliphatic rings. The van der Waals surface area contributed by atoms with Crippen molar-refractivity contribution in [2.24, 2.45) is 5.92 Å². The normalized spacial score (nSPS) is 22.3. The molecule has 2 rings (SSSR count). The minimum Gasteiger partial charge on any atom is -0.490 e. The molecule has 1 saturated carbocycles. The number of aliphatic hydroxyl groups excluding tert-OH is 1. The summed E-state index contributed by atoms with van der Waals surface area (Å²) < 4.78 is 32.1. The first-order valence-corrected chi connectivity index (χ1v) is 8.75. The third kappa shape index (κ3) is 4.59. The molecule has 2 unspecified atom stereocenters. The summed E-state index contributed by atoms with van der Waals surface area (Å²) in [6.45, 7) is 0.0598. The second-order valence-corrected chi connectivity index (χ2v) is 7.18. The second-order valence-electron chi connectivity index (χ2n) is 5.30. The second kappa shape index (κ2) is 7.11. The van der Waals surface area contributed by atoms with Gasteiger partial charge in [-0.15, -0.1) is 0 Å². The van der Waals surface area contributed by atoms with E-state index in [0.717, 1.165) is 19.3 Å². The average Bonchev–Trinajstić information content (AvgIpc) is 2.87. The van der Waals surface area contributed by atoms with Gasteiger partial charge in [-0.2, -0.15) is 0 Å². The first-order chi connectivity index (χ1) is 10.0. The highest BCUT2D eigenvalue weighted by Gasteiger charge is 2.29. The van der Waals surface area contributed by atoms with Crippen molar-refractivity contribution in [1.29, 1.82) is 0 Å². The zero-order valence-corrected chi connectivity index (χ0v) is 12.7. The summed E-state index contributed by atoms with van der Waals surface area (Å²) in [6, 6.07) is 6.81. The van der Waals surface area contributed by atoms with Crippen molar-refractivity contribution in [3.63, 3.8) is 0 Å². The number of hydrogen-bond acceptors (Lipinski definition) is 5. The summed E-state index contributed by atoms with van der Waals surface area (Å²) >= 11 is 0. The zero-order valence-electron chi connectivity index (χ0n) is 11.9. The Morgan fingerprint density at radius 2 is 2.10 bits per heavy atom. The van der Waals surface area contributed by atoms with Gasteiger partial charge in [-0.3, -0.25) is 0 Å². The Morgan fingerprint density at radius 1 is 1.33 bits per heavy atom. The van der Waals surface area contributed by atoms with E-state index in [1.807, 2.05) is 0 Å². The van der Waals surface area contributed by atoms with Gasteiger partial charge in [0.05, 0.1) is 11.4 Å². The van der Waals surface area contributed by atoms with Crippen molar-refractivity contribution in [3.05, 3.63) is 24.3 Å². The van der Waals surface area contributed by atoms with Gasteiger partial charge in [0.25, 0.3) is 0 Å². The molecule has 6 nitrogen and oxygen atoms in total. The Balaban J connectivity index is 1.83. The van der Waals surface area contributed by atoms with Gasteiger partial charge in [-0.05, 0) is 30.9 Å². The van der Waals surface area contributed by atoms with Crippen molar-refractivity contribution in [3.8, 4) is 5.75 Å². The molecule has 7 heteroatoms. The van der Waals surface area contributed by atoms with Crippen molar-refractivity contribution in [2.45, 2.75) is 25.3 Å². The quantitative estimate of drug-likeness (QED) is 0.644. The first-order valence-electron chi connectivity index (χ1n) is 7.10. The van der Waals surface area contributed by atoms with E-state index >= 15 is 0 Å². The van der Waals surface area contributed by atoms with Crippen LogP contribution < -0.4 is 15.2 Å². The Morgan fingerprint density at radius 3 is 2.81 bits per heavy atom. The fourth-order valence-corrected chi connectivity index (χ4v) is 3.77. The molecule has 0 aromatic heterocycles. The number of rotatable bonds is 7. The van der Waals surface area contributed by atoms with Gasteiger partial charge in [-0.25, -0.2) is 13.1 Å². The van der Waals surface area contributed by atoms with Crippen molar-refractivity contribution in [2.75, 3.05) is 24.7 Å². The van der Waals surface area contributed by atoms with E-state index in [2.05, 4.69) is 4.72 Å². The largest absolute Gasteiger partial charge is 0.490 e. The molecule has 4 N–H and O–H groups in total. The molecule has 1 fully saturated rings. The first kappa shape index (κ1) is 16.1. The summed E-state index contributed by atoms with van der Waals surface area (Å²) in [5.74, 6) is 0.378. The molecular formula is C14H22N2O4S. The van der Waals surface area contributed by atoms with E-state index in [0.29, 0.717) is 11.4 Å². The summed E-state index contributed by atoms with van der Waals surface area (Å²) in [4.78, 5) is 0. The van der Waals surface area contributed by atoms with Crippen molar-refractivity contribution < 1.29 is 18.3 Å². The lowest BCUT2D eigenvalue weighted by Gasteiger charge is -2.19. The number of para-hydroxylation sites is 2. The predicted molar refractivity (Wildman–Crippen MR) is 81.5 cm³/mol.